The van der Waals surface area contributed by atoms with E-state index in [2.05, 4.69) is 30.8 Å². The molecule has 0 unspecified atom stereocenters. The zero-order chi connectivity index (χ0) is 19.6. The quantitative estimate of drug-likeness (QED) is 0.510. The maximum atomic E-state index is 5.72. The van der Waals surface area contributed by atoms with Crippen molar-refractivity contribution in [3.63, 3.8) is 0 Å². The number of hydrogen-bond acceptors (Lipinski definition) is 4. The van der Waals surface area contributed by atoms with Crippen LogP contribution in [-0.2, 0) is 6.54 Å². The van der Waals surface area contributed by atoms with Gasteiger partial charge in [-0.3, -0.25) is 4.98 Å². The van der Waals surface area contributed by atoms with Gasteiger partial charge in [0.05, 0.1) is 30.6 Å². The van der Waals surface area contributed by atoms with E-state index in [4.69, 9.17) is 16.6 Å². The average molecular weight is 401 g/mol. The van der Waals surface area contributed by atoms with Crippen LogP contribution in [0.2, 0.25) is 0 Å². The Bertz CT molecular complexity index is 1090. The van der Waals surface area contributed by atoms with Crippen LogP contribution in [0.15, 0.2) is 89.9 Å². The summed E-state index contributed by atoms with van der Waals surface area (Å²) in [6.07, 6.45) is 7.32. The third-order valence-electron chi connectivity index (χ3n) is 5.08. The SMILES string of the molecule is S=C1N[C@H](c2ccccn2)[C@@H](c2cccn2-c2ccccn2)N1Cc1ccco1. The van der Waals surface area contributed by atoms with Crippen molar-refractivity contribution < 1.29 is 4.42 Å². The first-order valence-electron chi connectivity index (χ1n) is 9.40. The smallest absolute Gasteiger partial charge is 0.170 e. The molecule has 4 aromatic rings. The molecule has 29 heavy (non-hydrogen) atoms. The highest BCUT2D eigenvalue weighted by molar-refractivity contribution is 7.80. The number of aromatic nitrogens is 3. The fourth-order valence-electron chi connectivity index (χ4n) is 3.81. The molecular weight excluding hydrogens is 382 g/mol. The number of hydrogen-bond donors (Lipinski definition) is 1. The molecule has 0 saturated carbocycles. The van der Waals surface area contributed by atoms with Crippen molar-refractivity contribution >= 4 is 17.3 Å². The second-order valence-corrected chi connectivity index (χ2v) is 7.21. The first-order chi connectivity index (χ1) is 14.3. The van der Waals surface area contributed by atoms with E-state index in [0.29, 0.717) is 11.7 Å². The highest BCUT2D eigenvalue weighted by atomic mass is 32.1. The number of furan rings is 1. The van der Waals surface area contributed by atoms with Gasteiger partial charge in [0.25, 0.3) is 0 Å². The number of rotatable bonds is 5. The number of pyridine rings is 2. The summed E-state index contributed by atoms with van der Waals surface area (Å²) >= 11 is 5.72. The minimum absolute atomic E-state index is 0.0699. The van der Waals surface area contributed by atoms with Crippen LogP contribution in [-0.4, -0.2) is 24.5 Å². The van der Waals surface area contributed by atoms with E-state index in [0.717, 1.165) is 23.0 Å². The minimum Gasteiger partial charge on any atom is -0.467 e. The lowest BCUT2D eigenvalue weighted by Gasteiger charge is -2.28. The zero-order valence-electron chi connectivity index (χ0n) is 15.6. The van der Waals surface area contributed by atoms with Crippen molar-refractivity contribution in [2.24, 2.45) is 0 Å². The van der Waals surface area contributed by atoms with Gasteiger partial charge < -0.3 is 19.2 Å². The van der Waals surface area contributed by atoms with Crippen molar-refractivity contribution in [1.82, 2.24) is 24.8 Å². The molecule has 0 spiro atoms. The molecule has 7 heteroatoms. The van der Waals surface area contributed by atoms with Gasteiger partial charge in [0.15, 0.2) is 5.11 Å². The van der Waals surface area contributed by atoms with Crippen molar-refractivity contribution in [3.05, 3.63) is 103 Å². The molecule has 0 bridgehead atoms. The van der Waals surface area contributed by atoms with Crippen molar-refractivity contribution in [2.75, 3.05) is 0 Å². The molecule has 1 aliphatic rings. The first-order valence-corrected chi connectivity index (χ1v) is 9.81. The summed E-state index contributed by atoms with van der Waals surface area (Å²) in [7, 11) is 0. The molecule has 1 N–H and O–H groups in total. The molecule has 5 rings (SSSR count). The van der Waals surface area contributed by atoms with Gasteiger partial charge in [0.1, 0.15) is 11.6 Å². The van der Waals surface area contributed by atoms with Crippen LogP contribution in [0.5, 0.6) is 0 Å². The van der Waals surface area contributed by atoms with E-state index < -0.39 is 0 Å². The van der Waals surface area contributed by atoms with Crippen molar-refractivity contribution in [1.29, 1.82) is 0 Å². The number of nitrogens with zero attached hydrogens (tertiary/aromatic N) is 4. The highest BCUT2D eigenvalue weighted by Gasteiger charge is 2.41. The maximum Gasteiger partial charge on any atom is 0.170 e. The third kappa shape index (κ3) is 3.30. The fourth-order valence-corrected chi connectivity index (χ4v) is 4.11. The molecule has 1 fully saturated rings. The highest BCUT2D eigenvalue weighted by Crippen LogP contribution is 2.40. The molecule has 0 aliphatic carbocycles. The van der Waals surface area contributed by atoms with Gasteiger partial charge >= 0.3 is 0 Å². The predicted octanol–water partition coefficient (Wildman–Crippen LogP) is 4.03. The normalized spacial score (nSPS) is 18.8. The van der Waals surface area contributed by atoms with E-state index >= 15 is 0 Å². The van der Waals surface area contributed by atoms with Crippen LogP contribution in [0, 0.1) is 0 Å². The van der Waals surface area contributed by atoms with E-state index in [1.54, 1.807) is 12.5 Å². The molecule has 0 radical (unpaired) electrons. The predicted molar refractivity (Wildman–Crippen MR) is 113 cm³/mol. The van der Waals surface area contributed by atoms with Gasteiger partial charge in [-0.05, 0) is 60.7 Å². The zero-order valence-corrected chi connectivity index (χ0v) is 16.4. The summed E-state index contributed by atoms with van der Waals surface area (Å²) in [6.45, 7) is 0.570. The first kappa shape index (κ1) is 17.6. The largest absolute Gasteiger partial charge is 0.467 e. The second-order valence-electron chi connectivity index (χ2n) is 6.82. The lowest BCUT2D eigenvalue weighted by Crippen LogP contribution is -2.29. The number of nitrogens with one attached hydrogen (secondary N) is 1. The molecule has 4 aromatic heterocycles. The Morgan fingerprint density at radius 2 is 1.83 bits per heavy atom. The lowest BCUT2D eigenvalue weighted by atomic mass is 10.0. The van der Waals surface area contributed by atoms with Gasteiger partial charge in [-0.25, -0.2) is 4.98 Å². The maximum absolute atomic E-state index is 5.72. The summed E-state index contributed by atoms with van der Waals surface area (Å²) in [5, 5.41) is 4.15. The Morgan fingerprint density at radius 1 is 0.966 bits per heavy atom. The van der Waals surface area contributed by atoms with E-state index in [-0.39, 0.29) is 12.1 Å². The van der Waals surface area contributed by atoms with Crippen LogP contribution in [0.25, 0.3) is 5.82 Å². The molecular formula is C22H19N5OS. The Kier molecular flexibility index (Phi) is 4.57. The molecule has 2 atom stereocenters. The van der Waals surface area contributed by atoms with E-state index in [9.17, 15) is 0 Å². The molecule has 0 amide bonds. The van der Waals surface area contributed by atoms with Gasteiger partial charge in [-0.1, -0.05) is 12.1 Å². The molecule has 144 valence electrons. The average Bonchev–Trinajstić information content (AvgIpc) is 3.51. The van der Waals surface area contributed by atoms with Gasteiger partial charge in [-0.15, -0.1) is 0 Å². The van der Waals surface area contributed by atoms with E-state index in [1.165, 1.54) is 0 Å². The van der Waals surface area contributed by atoms with E-state index in [1.807, 2.05) is 67.0 Å². The summed E-state index contributed by atoms with van der Waals surface area (Å²) in [6, 6.07) is 19.7. The van der Waals surface area contributed by atoms with Crippen molar-refractivity contribution in [2.45, 2.75) is 18.6 Å². The Labute approximate surface area is 173 Å². The van der Waals surface area contributed by atoms with Gasteiger partial charge in [0, 0.05) is 24.3 Å². The van der Waals surface area contributed by atoms with Gasteiger partial charge in [-0.2, -0.15) is 0 Å². The summed E-state index contributed by atoms with van der Waals surface area (Å²) in [4.78, 5) is 11.3. The van der Waals surface area contributed by atoms with Crippen LogP contribution in [0.1, 0.15) is 29.2 Å². The molecule has 6 nitrogen and oxygen atoms in total. The van der Waals surface area contributed by atoms with Crippen LogP contribution in [0.4, 0.5) is 0 Å². The number of thiocarbonyl (C=S) groups is 1. The summed E-state index contributed by atoms with van der Waals surface area (Å²) in [5.41, 5.74) is 2.02. The van der Waals surface area contributed by atoms with Crippen LogP contribution >= 0.6 is 12.2 Å². The van der Waals surface area contributed by atoms with Gasteiger partial charge in [0.2, 0.25) is 0 Å². The molecule has 0 aromatic carbocycles. The second kappa shape index (κ2) is 7.52. The molecule has 5 heterocycles. The topological polar surface area (TPSA) is 59.1 Å². The fraction of sp³-hybridized carbons (Fsp3) is 0.136. The Balaban J connectivity index is 1.61. The molecule has 1 saturated heterocycles. The third-order valence-corrected chi connectivity index (χ3v) is 5.44. The van der Waals surface area contributed by atoms with Crippen LogP contribution in [0.3, 0.4) is 0 Å². The van der Waals surface area contributed by atoms with Crippen molar-refractivity contribution in [3.8, 4) is 5.82 Å². The Morgan fingerprint density at radius 3 is 2.55 bits per heavy atom. The Hall–Kier alpha value is -3.45. The lowest BCUT2D eigenvalue weighted by molar-refractivity contribution is 0.280. The molecule has 1 aliphatic heterocycles. The summed E-state index contributed by atoms with van der Waals surface area (Å²) in [5.74, 6) is 1.72. The van der Waals surface area contributed by atoms with Crippen LogP contribution < -0.4 is 5.32 Å². The standard InChI is InChI=1S/C22H19N5OS/c29-22-25-20(17-8-1-3-11-23-17)21(27(22)15-16-7-6-14-28-16)18-9-5-13-26(18)19-10-2-4-12-24-19/h1-14,20-21H,15H2,(H,25,29)/t20-,21-/m1/s1. The monoisotopic (exact) mass is 401 g/mol. The minimum atomic E-state index is -0.0870. The summed E-state index contributed by atoms with van der Waals surface area (Å²) < 4.78 is 7.70.